The van der Waals surface area contributed by atoms with Crippen molar-refractivity contribution in [3.8, 4) is 0 Å². The Kier molecular flexibility index (Phi) is 5.48. The smallest absolute Gasteiger partial charge is 0.301 e. The summed E-state index contributed by atoms with van der Waals surface area (Å²) < 4.78 is 59.3. The third-order valence-corrected chi connectivity index (χ3v) is 4.92. The van der Waals surface area contributed by atoms with Crippen LogP contribution in [-0.2, 0) is 14.7 Å². The van der Waals surface area contributed by atoms with Gasteiger partial charge in [-0.1, -0.05) is 5.16 Å². The van der Waals surface area contributed by atoms with E-state index in [0.717, 1.165) is 11.3 Å². The average molecular weight is 314 g/mol. The minimum Gasteiger partial charge on any atom is -0.399 e. The maximum Gasteiger partial charge on any atom is 0.301 e. The van der Waals surface area contributed by atoms with Crippen molar-refractivity contribution in [2.75, 3.05) is 12.9 Å². The number of aromatic nitrogens is 1. The highest BCUT2D eigenvalue weighted by molar-refractivity contribution is 7.93. The lowest BCUT2D eigenvalue weighted by Crippen LogP contribution is -2.07. The second kappa shape index (κ2) is 6.66. The van der Waals surface area contributed by atoms with Gasteiger partial charge in [0.15, 0.2) is 5.83 Å². The standard InChI is InChI=1S/C9H9F3N2O3S2/c1-17-13-4-6-5-18-9(14-6)19(15,16)3-2-7(10)8(11)12/h4-5H,2-3H2,1H3. The molecule has 10 heteroatoms. The van der Waals surface area contributed by atoms with Crippen LogP contribution in [0.4, 0.5) is 13.2 Å². The van der Waals surface area contributed by atoms with Gasteiger partial charge in [-0.25, -0.2) is 17.8 Å². The molecule has 0 radical (unpaired) electrons. The number of nitrogens with zero attached hydrogens (tertiary/aromatic N) is 2. The molecule has 0 fully saturated rings. The topological polar surface area (TPSA) is 68.6 Å². The minimum absolute atomic E-state index is 0.248. The summed E-state index contributed by atoms with van der Waals surface area (Å²) in [5.41, 5.74) is 0.248. The van der Waals surface area contributed by atoms with Crippen molar-refractivity contribution >= 4 is 27.4 Å². The molecule has 0 aliphatic carbocycles. The fraction of sp³-hybridized carbons (Fsp3) is 0.333. The van der Waals surface area contributed by atoms with Crippen molar-refractivity contribution in [1.29, 1.82) is 0 Å². The summed E-state index contributed by atoms with van der Waals surface area (Å²) >= 11 is 0.795. The molecule has 0 N–H and O–H groups in total. The van der Waals surface area contributed by atoms with Crippen LogP contribution in [0.2, 0.25) is 0 Å². The number of sulfone groups is 1. The van der Waals surface area contributed by atoms with Crippen LogP contribution in [0.3, 0.4) is 0 Å². The van der Waals surface area contributed by atoms with Crippen molar-refractivity contribution in [2.45, 2.75) is 10.8 Å². The van der Waals surface area contributed by atoms with Crippen molar-refractivity contribution in [2.24, 2.45) is 5.16 Å². The highest BCUT2D eigenvalue weighted by Gasteiger charge is 2.20. The number of thiazole rings is 1. The van der Waals surface area contributed by atoms with Gasteiger partial charge in [0.25, 0.3) is 0 Å². The summed E-state index contributed by atoms with van der Waals surface area (Å²) in [4.78, 5) is 8.11. The number of halogens is 3. The quantitative estimate of drug-likeness (QED) is 0.597. The monoisotopic (exact) mass is 314 g/mol. The molecule has 0 spiro atoms. The summed E-state index contributed by atoms with van der Waals surface area (Å²) in [6.45, 7) is 0. The van der Waals surface area contributed by atoms with E-state index >= 15 is 0 Å². The maximum absolute atomic E-state index is 12.6. The number of allylic oxidation sites excluding steroid dienone is 1. The van der Waals surface area contributed by atoms with Crippen LogP contribution in [0, 0.1) is 0 Å². The van der Waals surface area contributed by atoms with E-state index in [4.69, 9.17) is 0 Å². The van der Waals surface area contributed by atoms with Gasteiger partial charge in [-0.15, -0.1) is 11.3 Å². The zero-order valence-corrected chi connectivity index (χ0v) is 11.3. The molecule has 0 saturated heterocycles. The van der Waals surface area contributed by atoms with Crippen LogP contribution in [0.1, 0.15) is 12.1 Å². The van der Waals surface area contributed by atoms with E-state index in [1.807, 2.05) is 0 Å². The summed E-state index contributed by atoms with van der Waals surface area (Å²) in [6.07, 6.45) is -2.20. The lowest BCUT2D eigenvalue weighted by Gasteiger charge is -1.98. The van der Waals surface area contributed by atoms with Crippen LogP contribution >= 0.6 is 11.3 Å². The molecule has 1 aromatic heterocycles. The first kappa shape index (κ1) is 15.6. The molecule has 0 saturated carbocycles. The number of oxime groups is 1. The number of hydrogen-bond acceptors (Lipinski definition) is 6. The highest BCUT2D eigenvalue weighted by atomic mass is 32.2. The van der Waals surface area contributed by atoms with Gasteiger partial charge in [-0.3, -0.25) is 0 Å². The van der Waals surface area contributed by atoms with E-state index in [0.29, 0.717) is 0 Å². The first-order valence-corrected chi connectivity index (χ1v) is 7.34. The maximum atomic E-state index is 12.6. The van der Waals surface area contributed by atoms with Crippen LogP contribution in [0.15, 0.2) is 26.8 Å². The molecule has 0 aromatic carbocycles. The Balaban J connectivity index is 2.81. The zero-order valence-electron chi connectivity index (χ0n) is 9.64. The van der Waals surface area contributed by atoms with Crippen LogP contribution in [0.25, 0.3) is 0 Å². The highest BCUT2D eigenvalue weighted by Crippen LogP contribution is 2.20. The largest absolute Gasteiger partial charge is 0.399 e. The second-order valence-corrected chi connectivity index (χ2v) is 6.33. The second-order valence-electron chi connectivity index (χ2n) is 3.19. The molecule has 0 amide bonds. The van der Waals surface area contributed by atoms with Crippen LogP contribution in [-0.4, -0.2) is 32.5 Å². The fourth-order valence-corrected chi connectivity index (χ4v) is 3.32. The molecule has 0 bridgehead atoms. The average Bonchev–Trinajstić information content (AvgIpc) is 2.82. The molecule has 0 unspecified atom stereocenters. The summed E-state index contributed by atoms with van der Waals surface area (Å²) in [6, 6.07) is 0. The number of rotatable bonds is 6. The van der Waals surface area contributed by atoms with E-state index < -0.39 is 33.9 Å². The van der Waals surface area contributed by atoms with Gasteiger partial charge in [-0.2, -0.15) is 8.78 Å². The Morgan fingerprint density at radius 3 is 2.79 bits per heavy atom. The normalized spacial score (nSPS) is 11.8. The SMILES string of the molecule is CON=Cc1csc(S(=O)(=O)CCC(F)=C(F)F)n1. The lowest BCUT2D eigenvalue weighted by atomic mass is 10.4. The van der Waals surface area contributed by atoms with Gasteiger partial charge in [0.05, 0.1) is 17.7 Å². The molecule has 106 valence electrons. The van der Waals surface area contributed by atoms with E-state index in [1.165, 1.54) is 18.7 Å². The van der Waals surface area contributed by atoms with Gasteiger partial charge in [0.2, 0.25) is 14.2 Å². The zero-order chi connectivity index (χ0) is 14.5. The molecule has 0 aliphatic rings. The van der Waals surface area contributed by atoms with Crippen LogP contribution in [0.5, 0.6) is 0 Å². The number of hydrogen-bond donors (Lipinski definition) is 0. The predicted octanol–water partition coefficient (Wildman–Crippen LogP) is 2.36. The Hall–Kier alpha value is -1.42. The third-order valence-electron chi connectivity index (χ3n) is 1.85. The predicted molar refractivity (Wildman–Crippen MR) is 63.7 cm³/mol. The first-order chi connectivity index (χ1) is 8.86. The van der Waals surface area contributed by atoms with Crippen molar-refractivity contribution in [3.63, 3.8) is 0 Å². The molecule has 19 heavy (non-hydrogen) atoms. The first-order valence-electron chi connectivity index (χ1n) is 4.81. The Morgan fingerprint density at radius 2 is 2.21 bits per heavy atom. The summed E-state index contributed by atoms with van der Waals surface area (Å²) in [5, 5.41) is 4.79. The summed E-state index contributed by atoms with van der Waals surface area (Å²) in [7, 11) is -2.59. The van der Waals surface area contributed by atoms with E-state index in [9.17, 15) is 21.6 Å². The fourth-order valence-electron chi connectivity index (χ4n) is 0.984. The van der Waals surface area contributed by atoms with Crippen molar-refractivity contribution in [1.82, 2.24) is 4.98 Å². The molecular formula is C9H9F3N2O3S2. The molecular weight excluding hydrogens is 305 g/mol. The molecule has 1 heterocycles. The van der Waals surface area contributed by atoms with E-state index in [-0.39, 0.29) is 10.0 Å². The van der Waals surface area contributed by atoms with E-state index in [2.05, 4.69) is 15.0 Å². The molecule has 0 aliphatic heterocycles. The van der Waals surface area contributed by atoms with Crippen molar-refractivity contribution < 1.29 is 26.4 Å². The Morgan fingerprint density at radius 1 is 1.53 bits per heavy atom. The Bertz CT molecular complexity index is 592. The molecule has 1 rings (SSSR count). The molecule has 5 nitrogen and oxygen atoms in total. The van der Waals surface area contributed by atoms with Gasteiger partial charge >= 0.3 is 6.08 Å². The van der Waals surface area contributed by atoms with Gasteiger partial charge in [0.1, 0.15) is 7.11 Å². The molecule has 0 atom stereocenters. The van der Waals surface area contributed by atoms with Gasteiger partial charge < -0.3 is 4.84 Å². The van der Waals surface area contributed by atoms with Crippen molar-refractivity contribution in [3.05, 3.63) is 23.0 Å². The van der Waals surface area contributed by atoms with Crippen LogP contribution < -0.4 is 0 Å². The lowest BCUT2D eigenvalue weighted by molar-refractivity contribution is 0.215. The van der Waals surface area contributed by atoms with Gasteiger partial charge in [0, 0.05) is 11.8 Å². The minimum atomic E-state index is -3.90. The molecule has 1 aromatic rings. The third kappa shape index (κ3) is 4.63. The Labute approximate surface area is 111 Å². The van der Waals surface area contributed by atoms with Gasteiger partial charge in [-0.05, 0) is 0 Å². The summed E-state index contributed by atoms with van der Waals surface area (Å²) in [5.74, 6) is -2.51. The van der Waals surface area contributed by atoms with E-state index in [1.54, 1.807) is 0 Å².